The number of halogens is 1. The van der Waals surface area contributed by atoms with Gasteiger partial charge in [-0.3, -0.25) is 4.79 Å². The molecule has 8 heteroatoms. The molecule has 6 nitrogen and oxygen atoms in total. The van der Waals surface area contributed by atoms with Crippen LogP contribution in [0.15, 0.2) is 22.0 Å². The Balaban J connectivity index is 3.53. The molecule has 0 saturated heterocycles. The standard InChI is InChI=1S/C11H14FN3O3S/c1-3-6-4-8(12)7(10(16)15-11(13)14)5-9(6)19(2,17)18/h4-5H,3H2,1-2H3,(H4,13,14,15,16). The zero-order valence-electron chi connectivity index (χ0n) is 10.5. The smallest absolute Gasteiger partial charge is 0.283 e. The Hall–Kier alpha value is -1.96. The van der Waals surface area contributed by atoms with E-state index in [4.69, 9.17) is 11.5 Å². The third-order valence-corrected chi connectivity index (χ3v) is 3.57. The Morgan fingerprint density at radius 3 is 2.37 bits per heavy atom. The number of aliphatic imine (C=N–C) groups is 1. The van der Waals surface area contributed by atoms with Crippen molar-refractivity contribution in [1.29, 1.82) is 0 Å². The highest BCUT2D eigenvalue weighted by Gasteiger charge is 2.20. The lowest BCUT2D eigenvalue weighted by molar-refractivity contribution is 0.0998. The minimum atomic E-state index is -3.58. The van der Waals surface area contributed by atoms with Crippen molar-refractivity contribution in [2.45, 2.75) is 18.2 Å². The van der Waals surface area contributed by atoms with Crippen LogP contribution in [0.25, 0.3) is 0 Å². The molecule has 104 valence electrons. The van der Waals surface area contributed by atoms with Gasteiger partial charge in [0.15, 0.2) is 15.8 Å². The zero-order valence-corrected chi connectivity index (χ0v) is 11.3. The summed E-state index contributed by atoms with van der Waals surface area (Å²) in [7, 11) is -3.58. The van der Waals surface area contributed by atoms with E-state index in [9.17, 15) is 17.6 Å². The van der Waals surface area contributed by atoms with Gasteiger partial charge in [-0.05, 0) is 24.1 Å². The molecule has 0 aliphatic rings. The predicted octanol–water partition coefficient (Wildman–Crippen LogP) is 0.205. The molecule has 19 heavy (non-hydrogen) atoms. The topological polar surface area (TPSA) is 116 Å². The van der Waals surface area contributed by atoms with Crippen molar-refractivity contribution < 1.29 is 17.6 Å². The van der Waals surface area contributed by atoms with Gasteiger partial charge in [-0.1, -0.05) is 6.92 Å². The predicted molar refractivity (Wildman–Crippen MR) is 69.0 cm³/mol. The molecule has 0 atom stereocenters. The van der Waals surface area contributed by atoms with E-state index in [0.29, 0.717) is 12.0 Å². The molecule has 1 aromatic rings. The number of carbonyl (C=O) groups excluding carboxylic acids is 1. The molecule has 0 saturated carbocycles. The number of amides is 1. The summed E-state index contributed by atoms with van der Waals surface area (Å²) in [5.74, 6) is -2.41. The zero-order chi connectivity index (χ0) is 14.8. The molecule has 1 amide bonds. The van der Waals surface area contributed by atoms with Crippen LogP contribution in [0, 0.1) is 5.82 Å². The van der Waals surface area contributed by atoms with Gasteiger partial charge in [0.05, 0.1) is 10.5 Å². The lowest BCUT2D eigenvalue weighted by atomic mass is 10.1. The van der Waals surface area contributed by atoms with E-state index in [2.05, 4.69) is 4.99 Å². The number of sulfone groups is 1. The van der Waals surface area contributed by atoms with Gasteiger partial charge in [-0.2, -0.15) is 4.99 Å². The van der Waals surface area contributed by atoms with Crippen LogP contribution in [-0.2, 0) is 16.3 Å². The summed E-state index contributed by atoms with van der Waals surface area (Å²) in [5.41, 5.74) is 9.87. The van der Waals surface area contributed by atoms with Crippen molar-refractivity contribution in [3.8, 4) is 0 Å². The van der Waals surface area contributed by atoms with Crippen molar-refractivity contribution >= 4 is 21.7 Å². The van der Waals surface area contributed by atoms with Crippen LogP contribution in [0.3, 0.4) is 0 Å². The highest BCUT2D eigenvalue weighted by atomic mass is 32.2. The van der Waals surface area contributed by atoms with Gasteiger partial charge < -0.3 is 11.5 Å². The van der Waals surface area contributed by atoms with Crippen LogP contribution >= 0.6 is 0 Å². The summed E-state index contributed by atoms with van der Waals surface area (Å²) < 4.78 is 36.9. The second kappa shape index (κ2) is 5.35. The Kier molecular flexibility index (Phi) is 4.25. The van der Waals surface area contributed by atoms with E-state index in [0.717, 1.165) is 18.4 Å². The van der Waals surface area contributed by atoms with E-state index < -0.39 is 33.1 Å². The molecule has 0 aliphatic heterocycles. The number of carbonyl (C=O) groups is 1. The number of nitrogens with two attached hydrogens (primary N) is 2. The lowest BCUT2D eigenvalue weighted by Gasteiger charge is -2.08. The monoisotopic (exact) mass is 287 g/mol. The number of guanidine groups is 1. The molecular weight excluding hydrogens is 273 g/mol. The Labute approximate surface area is 110 Å². The summed E-state index contributed by atoms with van der Waals surface area (Å²) in [6, 6.07) is 1.96. The molecular formula is C11H14FN3O3S. The third kappa shape index (κ3) is 3.50. The molecule has 0 aliphatic carbocycles. The number of hydrogen-bond acceptors (Lipinski definition) is 3. The summed E-state index contributed by atoms with van der Waals surface area (Å²) in [6.45, 7) is 1.68. The van der Waals surface area contributed by atoms with Gasteiger partial charge in [-0.25, -0.2) is 12.8 Å². The fraction of sp³-hybridized carbons (Fsp3) is 0.273. The molecule has 0 heterocycles. The first-order valence-electron chi connectivity index (χ1n) is 5.33. The normalized spacial score (nSPS) is 11.1. The number of benzene rings is 1. The van der Waals surface area contributed by atoms with Crippen molar-refractivity contribution in [3.05, 3.63) is 29.1 Å². The molecule has 1 rings (SSSR count). The van der Waals surface area contributed by atoms with Crippen LogP contribution < -0.4 is 11.5 Å². The van der Waals surface area contributed by atoms with Gasteiger partial charge >= 0.3 is 0 Å². The highest BCUT2D eigenvalue weighted by Crippen LogP contribution is 2.22. The van der Waals surface area contributed by atoms with Crippen LogP contribution in [0.2, 0.25) is 0 Å². The SMILES string of the molecule is CCc1cc(F)c(C(=O)N=C(N)N)cc1S(C)(=O)=O. The van der Waals surface area contributed by atoms with Crippen LogP contribution in [0.4, 0.5) is 4.39 Å². The largest absolute Gasteiger partial charge is 0.370 e. The van der Waals surface area contributed by atoms with Gasteiger partial charge in [0.1, 0.15) is 5.82 Å². The molecule has 0 radical (unpaired) electrons. The first-order valence-corrected chi connectivity index (χ1v) is 7.22. The van der Waals surface area contributed by atoms with Gasteiger partial charge in [0, 0.05) is 6.26 Å². The number of hydrogen-bond donors (Lipinski definition) is 2. The van der Waals surface area contributed by atoms with Crippen molar-refractivity contribution in [2.75, 3.05) is 6.26 Å². The molecule has 0 spiro atoms. The third-order valence-electron chi connectivity index (χ3n) is 2.39. The van der Waals surface area contributed by atoms with Crippen molar-refractivity contribution in [2.24, 2.45) is 16.5 Å². The highest BCUT2D eigenvalue weighted by molar-refractivity contribution is 7.90. The summed E-state index contributed by atoms with van der Waals surface area (Å²) in [6.07, 6.45) is 1.30. The molecule has 0 unspecified atom stereocenters. The fourth-order valence-corrected chi connectivity index (χ4v) is 2.57. The van der Waals surface area contributed by atoms with Crippen LogP contribution in [0.1, 0.15) is 22.8 Å². The molecule has 0 aromatic heterocycles. The maximum absolute atomic E-state index is 13.7. The summed E-state index contributed by atoms with van der Waals surface area (Å²) >= 11 is 0. The fourth-order valence-electron chi connectivity index (χ4n) is 1.56. The number of aryl methyl sites for hydroxylation is 1. The average molecular weight is 287 g/mol. The Morgan fingerprint density at radius 2 is 1.95 bits per heavy atom. The van der Waals surface area contributed by atoms with E-state index in [1.165, 1.54) is 0 Å². The first kappa shape index (κ1) is 15.1. The van der Waals surface area contributed by atoms with E-state index >= 15 is 0 Å². The maximum atomic E-state index is 13.7. The maximum Gasteiger partial charge on any atom is 0.283 e. The van der Waals surface area contributed by atoms with Crippen LogP contribution in [-0.4, -0.2) is 26.5 Å². The minimum Gasteiger partial charge on any atom is -0.370 e. The number of nitrogens with zero attached hydrogens (tertiary/aromatic N) is 1. The number of rotatable bonds is 3. The van der Waals surface area contributed by atoms with Gasteiger partial charge in [0.2, 0.25) is 0 Å². The second-order valence-electron chi connectivity index (χ2n) is 3.91. The average Bonchev–Trinajstić information content (AvgIpc) is 2.25. The second-order valence-corrected chi connectivity index (χ2v) is 5.89. The first-order chi connectivity index (χ1) is 8.66. The van der Waals surface area contributed by atoms with Crippen molar-refractivity contribution in [3.63, 3.8) is 0 Å². The van der Waals surface area contributed by atoms with Gasteiger partial charge in [-0.15, -0.1) is 0 Å². The van der Waals surface area contributed by atoms with Gasteiger partial charge in [0.25, 0.3) is 5.91 Å². The summed E-state index contributed by atoms with van der Waals surface area (Å²) in [4.78, 5) is 14.7. The summed E-state index contributed by atoms with van der Waals surface area (Å²) in [5, 5.41) is 0. The van der Waals surface area contributed by atoms with E-state index in [1.54, 1.807) is 6.92 Å². The lowest BCUT2D eigenvalue weighted by Crippen LogP contribution is -2.24. The molecule has 0 bridgehead atoms. The Morgan fingerprint density at radius 1 is 1.37 bits per heavy atom. The Bertz CT molecular complexity index is 649. The van der Waals surface area contributed by atoms with E-state index in [1.807, 2.05) is 0 Å². The molecule has 4 N–H and O–H groups in total. The molecule has 1 aromatic carbocycles. The van der Waals surface area contributed by atoms with Crippen molar-refractivity contribution in [1.82, 2.24) is 0 Å². The molecule has 0 fully saturated rings. The van der Waals surface area contributed by atoms with Crippen LogP contribution in [0.5, 0.6) is 0 Å². The van der Waals surface area contributed by atoms with E-state index in [-0.39, 0.29) is 4.90 Å². The minimum absolute atomic E-state index is 0.106. The quantitative estimate of drug-likeness (QED) is 0.468.